The monoisotopic (exact) mass is 247 g/mol. The van der Waals surface area contributed by atoms with E-state index in [2.05, 4.69) is 4.98 Å². The number of hydrogen-bond donors (Lipinski definition) is 0. The second-order valence-electron chi connectivity index (χ2n) is 3.70. The van der Waals surface area contributed by atoms with Crippen LogP contribution in [0.4, 0.5) is 0 Å². The maximum atomic E-state index is 5.68. The van der Waals surface area contributed by atoms with E-state index in [1.807, 2.05) is 12.1 Å². The molecule has 4 heteroatoms. The van der Waals surface area contributed by atoms with Crippen molar-refractivity contribution in [1.82, 2.24) is 4.98 Å². The Hall–Kier alpha value is -0.470. The van der Waals surface area contributed by atoms with Crippen molar-refractivity contribution in [2.24, 2.45) is 5.92 Å². The van der Waals surface area contributed by atoms with Crippen LogP contribution in [0.3, 0.4) is 0 Å². The summed E-state index contributed by atoms with van der Waals surface area (Å²) in [6.07, 6.45) is 5.68. The molecular formula is C11H15Cl2NO. The first kappa shape index (κ1) is 12.6. The summed E-state index contributed by atoms with van der Waals surface area (Å²) in [6, 6.07) is 3.78. The van der Waals surface area contributed by atoms with Gasteiger partial charge in [-0.25, -0.2) is 0 Å². The predicted octanol–water partition coefficient (Wildman–Crippen LogP) is 3.42. The van der Waals surface area contributed by atoms with Crippen molar-refractivity contribution in [3.05, 3.63) is 24.0 Å². The fourth-order valence-corrected chi connectivity index (χ4v) is 1.52. The van der Waals surface area contributed by atoms with E-state index in [-0.39, 0.29) is 12.4 Å². The first-order chi connectivity index (χ1) is 6.88. The molecule has 1 aromatic heterocycles. The van der Waals surface area contributed by atoms with Gasteiger partial charge in [0.1, 0.15) is 5.75 Å². The highest BCUT2D eigenvalue weighted by Gasteiger charge is 2.20. The number of ether oxygens (including phenoxy) is 1. The fraction of sp³-hybridized carbons (Fsp3) is 0.545. The number of pyridine rings is 1. The molecule has 0 N–H and O–H groups in total. The maximum Gasteiger partial charge on any atom is 0.122 e. The quantitative estimate of drug-likeness (QED) is 0.745. The zero-order chi connectivity index (χ0) is 9.80. The number of aromatic nitrogens is 1. The van der Waals surface area contributed by atoms with E-state index in [9.17, 15) is 0 Å². The van der Waals surface area contributed by atoms with Crippen LogP contribution in [0.1, 0.15) is 25.0 Å². The van der Waals surface area contributed by atoms with E-state index in [0.717, 1.165) is 24.0 Å². The van der Waals surface area contributed by atoms with Crippen molar-refractivity contribution < 1.29 is 4.74 Å². The molecule has 0 saturated heterocycles. The number of hydrogen-bond acceptors (Lipinski definition) is 2. The molecule has 1 fully saturated rings. The second-order valence-corrected chi connectivity index (χ2v) is 3.96. The predicted molar refractivity (Wildman–Crippen MR) is 63.9 cm³/mol. The lowest BCUT2D eigenvalue weighted by Gasteiger charge is -2.05. The molecule has 0 radical (unpaired) electrons. The van der Waals surface area contributed by atoms with Crippen molar-refractivity contribution in [3.8, 4) is 5.75 Å². The topological polar surface area (TPSA) is 22.1 Å². The first-order valence-electron chi connectivity index (χ1n) is 5.02. The van der Waals surface area contributed by atoms with Gasteiger partial charge < -0.3 is 4.74 Å². The lowest BCUT2D eigenvalue weighted by molar-refractivity contribution is 0.302. The molecule has 1 heterocycles. The molecule has 84 valence electrons. The number of halogens is 2. The number of nitrogens with zero attached hydrogens (tertiary/aromatic N) is 1. The van der Waals surface area contributed by atoms with Gasteiger partial charge in [-0.15, -0.1) is 24.0 Å². The third-order valence-corrected chi connectivity index (χ3v) is 2.69. The highest BCUT2D eigenvalue weighted by molar-refractivity contribution is 6.16. The Morgan fingerprint density at radius 1 is 1.47 bits per heavy atom. The van der Waals surface area contributed by atoms with Crippen LogP contribution >= 0.6 is 24.0 Å². The van der Waals surface area contributed by atoms with Crippen LogP contribution < -0.4 is 4.74 Å². The van der Waals surface area contributed by atoms with E-state index in [1.165, 1.54) is 19.3 Å². The van der Waals surface area contributed by atoms with Crippen molar-refractivity contribution in [3.63, 3.8) is 0 Å². The van der Waals surface area contributed by atoms with Gasteiger partial charge in [-0.2, -0.15) is 0 Å². The van der Waals surface area contributed by atoms with Crippen LogP contribution in [0.15, 0.2) is 18.3 Å². The Balaban J connectivity index is 0.00000112. The molecular weight excluding hydrogens is 233 g/mol. The third-order valence-electron chi connectivity index (χ3n) is 2.42. The third kappa shape index (κ3) is 4.27. The minimum absolute atomic E-state index is 0. The Bertz CT molecular complexity index is 302. The maximum absolute atomic E-state index is 5.68. The van der Waals surface area contributed by atoms with Gasteiger partial charge in [-0.05, 0) is 18.4 Å². The average Bonchev–Trinajstić information content (AvgIpc) is 3.02. The summed E-state index contributed by atoms with van der Waals surface area (Å²) in [7, 11) is 0. The van der Waals surface area contributed by atoms with E-state index < -0.39 is 0 Å². The molecule has 0 bridgehead atoms. The highest BCUT2D eigenvalue weighted by Crippen LogP contribution is 2.32. The van der Waals surface area contributed by atoms with Crippen molar-refractivity contribution >= 4 is 24.0 Å². The summed E-state index contributed by atoms with van der Waals surface area (Å²) < 4.78 is 5.60. The van der Waals surface area contributed by atoms with Crippen LogP contribution in [0.2, 0.25) is 0 Å². The van der Waals surface area contributed by atoms with Gasteiger partial charge >= 0.3 is 0 Å². The lowest BCUT2D eigenvalue weighted by Crippen LogP contribution is -1.99. The summed E-state index contributed by atoms with van der Waals surface area (Å²) in [5, 5.41) is 0. The van der Waals surface area contributed by atoms with Crippen molar-refractivity contribution in [1.29, 1.82) is 0 Å². The average molecular weight is 248 g/mol. The first-order valence-corrected chi connectivity index (χ1v) is 5.55. The molecule has 1 aromatic rings. The molecule has 0 atom stereocenters. The molecule has 0 unspecified atom stereocenters. The molecule has 1 aliphatic carbocycles. The van der Waals surface area contributed by atoms with Crippen LogP contribution in [-0.2, 0) is 5.88 Å². The minimum Gasteiger partial charge on any atom is -0.493 e. The molecule has 0 amide bonds. The minimum atomic E-state index is 0. The molecule has 15 heavy (non-hydrogen) atoms. The van der Waals surface area contributed by atoms with Gasteiger partial charge in [-0.3, -0.25) is 4.98 Å². The molecule has 2 rings (SSSR count). The SMILES string of the molecule is Cl.ClCc1cc(OCCC2CC2)ccn1. The molecule has 1 aliphatic rings. The van der Waals surface area contributed by atoms with E-state index in [1.54, 1.807) is 6.20 Å². The fourth-order valence-electron chi connectivity index (χ4n) is 1.37. The molecule has 0 spiro atoms. The van der Waals surface area contributed by atoms with Crippen LogP contribution in [-0.4, -0.2) is 11.6 Å². The normalized spacial score (nSPS) is 14.5. The Labute approximate surface area is 101 Å². The number of alkyl halides is 1. The zero-order valence-electron chi connectivity index (χ0n) is 8.49. The van der Waals surface area contributed by atoms with Crippen LogP contribution in [0.25, 0.3) is 0 Å². The highest BCUT2D eigenvalue weighted by atomic mass is 35.5. The molecule has 1 saturated carbocycles. The molecule has 2 nitrogen and oxygen atoms in total. The van der Waals surface area contributed by atoms with Gasteiger partial charge in [0.2, 0.25) is 0 Å². The van der Waals surface area contributed by atoms with Gasteiger partial charge in [0.15, 0.2) is 0 Å². The standard InChI is InChI=1S/C11H14ClNO.ClH/c12-8-10-7-11(3-5-13-10)14-6-4-9-1-2-9;/h3,5,7,9H,1-2,4,6,8H2;1H. The van der Waals surface area contributed by atoms with Gasteiger partial charge in [-0.1, -0.05) is 12.8 Å². The number of rotatable bonds is 5. The van der Waals surface area contributed by atoms with Gasteiger partial charge in [0.05, 0.1) is 18.2 Å². The second kappa shape index (κ2) is 6.19. The van der Waals surface area contributed by atoms with E-state index in [4.69, 9.17) is 16.3 Å². The Kier molecular flexibility index (Phi) is 5.20. The Morgan fingerprint density at radius 2 is 2.27 bits per heavy atom. The summed E-state index contributed by atoms with van der Waals surface area (Å²) in [5.41, 5.74) is 0.871. The van der Waals surface area contributed by atoms with E-state index in [0.29, 0.717) is 5.88 Å². The van der Waals surface area contributed by atoms with Gasteiger partial charge in [0.25, 0.3) is 0 Å². The van der Waals surface area contributed by atoms with E-state index >= 15 is 0 Å². The summed E-state index contributed by atoms with van der Waals surface area (Å²) >= 11 is 5.68. The summed E-state index contributed by atoms with van der Waals surface area (Å²) in [4.78, 5) is 4.10. The molecule has 0 aromatic carbocycles. The smallest absolute Gasteiger partial charge is 0.122 e. The van der Waals surface area contributed by atoms with Crippen molar-refractivity contribution in [2.75, 3.05) is 6.61 Å². The summed E-state index contributed by atoms with van der Waals surface area (Å²) in [6.45, 7) is 0.816. The Morgan fingerprint density at radius 3 is 2.93 bits per heavy atom. The molecule has 0 aliphatic heterocycles. The van der Waals surface area contributed by atoms with Gasteiger partial charge in [0, 0.05) is 12.3 Å². The van der Waals surface area contributed by atoms with Crippen LogP contribution in [0, 0.1) is 5.92 Å². The van der Waals surface area contributed by atoms with Crippen LogP contribution in [0.5, 0.6) is 5.75 Å². The lowest BCUT2D eigenvalue weighted by atomic mass is 10.3. The van der Waals surface area contributed by atoms with Crippen molar-refractivity contribution in [2.45, 2.75) is 25.1 Å². The zero-order valence-corrected chi connectivity index (χ0v) is 10.1. The summed E-state index contributed by atoms with van der Waals surface area (Å²) in [5.74, 6) is 2.25. The largest absolute Gasteiger partial charge is 0.493 e.